The molecule has 0 aliphatic heterocycles. The maximum Gasteiger partial charge on any atom is 0.272 e. The van der Waals surface area contributed by atoms with E-state index < -0.39 is 34.8 Å². The molecule has 0 radical (unpaired) electrons. The Bertz CT molecular complexity index is 1150. The van der Waals surface area contributed by atoms with Crippen molar-refractivity contribution in [2.45, 2.75) is 11.3 Å². The van der Waals surface area contributed by atoms with E-state index in [0.29, 0.717) is 0 Å². The zero-order valence-corrected chi connectivity index (χ0v) is 17.0. The second-order valence-corrected chi connectivity index (χ2v) is 7.61. The zero-order valence-electron chi connectivity index (χ0n) is 16.2. The number of ether oxygens (including phenoxy) is 3. The third-order valence-corrected chi connectivity index (χ3v) is 5.21. The van der Waals surface area contributed by atoms with Crippen LogP contribution in [0.3, 0.4) is 0 Å². The molecule has 2 aromatic heterocycles. The highest BCUT2D eigenvalue weighted by atomic mass is 32.2. The van der Waals surface area contributed by atoms with Gasteiger partial charge in [0.05, 0.1) is 14.2 Å². The number of hydrogen-bond donors (Lipinski definition) is 2. The largest absolute Gasteiger partial charge is 0.478 e. The van der Waals surface area contributed by atoms with Gasteiger partial charge in [-0.15, -0.1) is 0 Å². The maximum absolute atomic E-state index is 14.0. The number of hydrogen-bond acceptors (Lipinski definition) is 7. The van der Waals surface area contributed by atoms with Gasteiger partial charge in [-0.1, -0.05) is 12.1 Å². The van der Waals surface area contributed by atoms with Crippen molar-refractivity contribution in [2.75, 3.05) is 25.5 Å². The summed E-state index contributed by atoms with van der Waals surface area (Å²) in [6.45, 7) is -0.969. The van der Waals surface area contributed by atoms with E-state index >= 15 is 0 Å². The number of sulfonamides is 1. The molecule has 2 heterocycles. The Morgan fingerprint density at radius 3 is 2.35 bits per heavy atom. The van der Waals surface area contributed by atoms with E-state index in [2.05, 4.69) is 19.7 Å². The first-order valence-electron chi connectivity index (χ1n) is 8.62. The topological polar surface area (TPSA) is 115 Å². The number of alkyl halides is 2. The van der Waals surface area contributed by atoms with Crippen LogP contribution < -0.4 is 18.9 Å². The molecule has 0 aliphatic rings. The van der Waals surface area contributed by atoms with Gasteiger partial charge in [-0.2, -0.15) is 9.97 Å². The number of halogens is 3. The molecule has 3 rings (SSSR count). The summed E-state index contributed by atoms with van der Waals surface area (Å²) in [5.74, 6) is -1.92. The number of aromatic amines is 1. The van der Waals surface area contributed by atoms with E-state index in [-0.39, 0.29) is 33.7 Å². The molecule has 13 heteroatoms. The molecule has 2 N–H and O–H groups in total. The highest BCUT2D eigenvalue weighted by molar-refractivity contribution is 7.92. The van der Waals surface area contributed by atoms with E-state index in [4.69, 9.17) is 14.2 Å². The lowest BCUT2D eigenvalue weighted by Gasteiger charge is -2.14. The Morgan fingerprint density at radius 2 is 1.77 bits per heavy atom. The van der Waals surface area contributed by atoms with Crippen LogP contribution in [0.2, 0.25) is 0 Å². The molecule has 0 amide bonds. The molecule has 31 heavy (non-hydrogen) atoms. The number of H-pyrrole nitrogens is 1. The lowest BCUT2D eigenvalue weighted by molar-refractivity contribution is 0.0781. The van der Waals surface area contributed by atoms with Crippen molar-refractivity contribution < 1.29 is 35.8 Å². The van der Waals surface area contributed by atoms with Crippen LogP contribution in [-0.2, 0) is 10.0 Å². The second-order valence-electron chi connectivity index (χ2n) is 5.93. The van der Waals surface area contributed by atoms with Gasteiger partial charge in [0.15, 0.2) is 0 Å². The van der Waals surface area contributed by atoms with Crippen LogP contribution in [0, 0.1) is 5.82 Å². The highest BCUT2D eigenvalue weighted by Gasteiger charge is 2.24. The van der Waals surface area contributed by atoms with Gasteiger partial charge in [0.25, 0.3) is 28.2 Å². The van der Waals surface area contributed by atoms with Gasteiger partial charge in [-0.3, -0.25) is 0 Å². The quantitative estimate of drug-likeness (QED) is 0.506. The van der Waals surface area contributed by atoms with E-state index in [1.54, 1.807) is 6.07 Å². The lowest BCUT2D eigenvalue weighted by atomic mass is 10.1. The maximum atomic E-state index is 14.0. The summed E-state index contributed by atoms with van der Waals surface area (Å²) < 4.78 is 81.3. The average molecular weight is 458 g/mol. The standard InChI is InChI=1S/C18H17F3N4O5S/c1-28-16-15(30-9-14(20)21)17(29-2)24-18(23-16)25-31(26,27)10-7-13(22-8-10)11-5-3-4-6-12(11)19/h3-8,14,22H,9H2,1-2H3,(H,23,24,25). The first kappa shape index (κ1) is 22.2. The minimum atomic E-state index is -4.20. The number of anilines is 1. The molecular weight excluding hydrogens is 441 g/mol. The molecule has 1 aromatic carbocycles. The predicted octanol–water partition coefficient (Wildman–Crippen LogP) is 3.07. The monoisotopic (exact) mass is 458 g/mol. The summed E-state index contributed by atoms with van der Waals surface area (Å²) in [4.78, 5) is 10.1. The van der Waals surface area contributed by atoms with Crippen LogP contribution in [-0.4, -0.2) is 50.6 Å². The van der Waals surface area contributed by atoms with Crippen LogP contribution >= 0.6 is 0 Å². The van der Waals surface area contributed by atoms with Crippen molar-refractivity contribution in [3.63, 3.8) is 0 Å². The van der Waals surface area contributed by atoms with E-state index in [9.17, 15) is 21.6 Å². The fourth-order valence-corrected chi connectivity index (χ4v) is 3.48. The lowest BCUT2D eigenvalue weighted by Crippen LogP contribution is -2.16. The summed E-state index contributed by atoms with van der Waals surface area (Å²) in [5, 5.41) is 0. The third kappa shape index (κ3) is 4.99. The van der Waals surface area contributed by atoms with Crippen LogP contribution in [0.15, 0.2) is 41.4 Å². The van der Waals surface area contributed by atoms with Crippen LogP contribution in [0.25, 0.3) is 11.3 Å². The summed E-state index contributed by atoms with van der Waals surface area (Å²) >= 11 is 0. The summed E-state index contributed by atoms with van der Waals surface area (Å²) in [6.07, 6.45) is -1.61. The van der Waals surface area contributed by atoms with Gasteiger partial charge in [0, 0.05) is 17.5 Å². The van der Waals surface area contributed by atoms with E-state index in [1.165, 1.54) is 44.7 Å². The average Bonchev–Trinajstić information content (AvgIpc) is 3.23. The van der Waals surface area contributed by atoms with Gasteiger partial charge < -0.3 is 19.2 Å². The zero-order chi connectivity index (χ0) is 22.6. The molecular formula is C18H17F3N4O5S. The van der Waals surface area contributed by atoms with Crippen molar-refractivity contribution in [2.24, 2.45) is 0 Å². The third-order valence-electron chi connectivity index (χ3n) is 3.90. The van der Waals surface area contributed by atoms with Crippen LogP contribution in [0.5, 0.6) is 17.5 Å². The van der Waals surface area contributed by atoms with Crippen molar-refractivity contribution in [3.05, 3.63) is 42.3 Å². The number of aromatic nitrogens is 3. The van der Waals surface area contributed by atoms with Crippen molar-refractivity contribution in [1.29, 1.82) is 0 Å². The number of nitrogens with one attached hydrogen (secondary N) is 2. The summed E-state index contributed by atoms with van der Waals surface area (Å²) in [7, 11) is -1.84. The SMILES string of the molecule is COc1nc(NS(=O)(=O)c2c[nH]c(-c3ccccc3F)c2)nc(OC)c1OCC(F)F. The normalized spacial score (nSPS) is 11.4. The van der Waals surface area contributed by atoms with Gasteiger partial charge in [-0.05, 0) is 18.2 Å². The molecule has 0 aliphatic carbocycles. The molecule has 0 spiro atoms. The van der Waals surface area contributed by atoms with Gasteiger partial charge in [-0.25, -0.2) is 26.3 Å². The number of rotatable bonds is 9. The molecule has 0 unspecified atom stereocenters. The van der Waals surface area contributed by atoms with E-state index in [1.807, 2.05) is 0 Å². The minimum Gasteiger partial charge on any atom is -0.478 e. The molecule has 0 saturated carbocycles. The fourth-order valence-electron chi connectivity index (χ4n) is 2.55. The predicted molar refractivity (Wildman–Crippen MR) is 104 cm³/mol. The van der Waals surface area contributed by atoms with E-state index in [0.717, 1.165) is 0 Å². The minimum absolute atomic E-state index is 0.184. The Morgan fingerprint density at radius 1 is 1.13 bits per heavy atom. The molecule has 9 nitrogen and oxygen atoms in total. The van der Waals surface area contributed by atoms with Gasteiger partial charge >= 0.3 is 0 Å². The molecule has 0 bridgehead atoms. The molecule has 0 atom stereocenters. The first-order chi connectivity index (χ1) is 14.7. The Hall–Kier alpha value is -3.48. The Labute approximate surface area is 175 Å². The van der Waals surface area contributed by atoms with Crippen molar-refractivity contribution in [3.8, 4) is 28.8 Å². The smallest absolute Gasteiger partial charge is 0.272 e. The highest BCUT2D eigenvalue weighted by Crippen LogP contribution is 2.36. The fraction of sp³-hybridized carbons (Fsp3) is 0.222. The second kappa shape index (κ2) is 9.12. The van der Waals surface area contributed by atoms with Crippen LogP contribution in [0.4, 0.5) is 19.1 Å². The van der Waals surface area contributed by atoms with Crippen molar-refractivity contribution in [1.82, 2.24) is 15.0 Å². The summed E-state index contributed by atoms with van der Waals surface area (Å²) in [5.41, 5.74) is 0.425. The van der Waals surface area contributed by atoms with Crippen LogP contribution in [0.1, 0.15) is 0 Å². The summed E-state index contributed by atoms with van der Waals surface area (Å²) in [6, 6.07) is 7.08. The number of nitrogens with zero attached hydrogens (tertiary/aromatic N) is 2. The van der Waals surface area contributed by atoms with Gasteiger partial charge in [0.1, 0.15) is 17.3 Å². The first-order valence-corrected chi connectivity index (χ1v) is 10.1. The molecule has 3 aromatic rings. The van der Waals surface area contributed by atoms with Crippen molar-refractivity contribution >= 4 is 16.0 Å². The molecule has 0 fully saturated rings. The molecule has 0 saturated heterocycles. The number of methoxy groups -OCH3 is 2. The van der Waals surface area contributed by atoms with Gasteiger partial charge in [0.2, 0.25) is 11.7 Å². The Balaban J connectivity index is 1.90. The Kier molecular flexibility index (Phi) is 6.53. The molecule has 166 valence electrons. The number of benzene rings is 1.